The molecule has 0 aromatic heterocycles. The molecule has 0 saturated carbocycles. The molecule has 2 aliphatic rings. The maximum Gasteiger partial charge on any atom is 0.250 e. The van der Waals surface area contributed by atoms with Crippen LogP contribution in [0.25, 0.3) is 0 Å². The Morgan fingerprint density at radius 1 is 0.344 bits per heavy atom. The molecule has 0 N–H and O–H groups in total. The SMILES string of the molecule is CCC[CH2][Sn+2][CH2]CCC.CCC[CH2][Sn+2][CH2]CCC.CCC[CH2][Sn+2][CH2]CCC.CCC[CH2][Sn+2][CH2]CCC.O=C1c2ccccc2C(=O)N1[O-].O=C1c2ccccc2C(=O)N1[O-].[Cl-].[Cl-].[O-2].[O-2]. The monoisotopic (exact) mass is 1360 g/mol. The molecule has 0 fully saturated rings. The van der Waals surface area contributed by atoms with E-state index in [2.05, 4.69) is 55.4 Å². The second-order valence-corrected chi connectivity index (χ2v) is 31.9. The Morgan fingerprint density at radius 3 is 0.609 bits per heavy atom. The molecular formula is C48H80Cl2N2O8Sn4. The normalized spacial score (nSPS) is 10.8. The van der Waals surface area contributed by atoms with Crippen LogP contribution in [-0.4, -0.2) is 118 Å². The third-order valence-electron chi connectivity index (χ3n) is 9.17. The van der Waals surface area contributed by atoms with Crippen molar-refractivity contribution in [1.82, 2.24) is 10.1 Å². The summed E-state index contributed by atoms with van der Waals surface area (Å²) in [6.07, 6.45) is 23.4. The minimum atomic E-state index is -0.768. The van der Waals surface area contributed by atoms with E-state index in [1.807, 2.05) is 0 Å². The number of hydrogen-bond donors (Lipinski definition) is 0. The summed E-state index contributed by atoms with van der Waals surface area (Å²) in [5.74, 6) is -3.07. The van der Waals surface area contributed by atoms with Gasteiger partial charge in [-0.2, -0.15) is 0 Å². The largest absolute Gasteiger partial charge is 2.00 e. The van der Waals surface area contributed by atoms with Crippen LogP contribution in [0.5, 0.6) is 0 Å². The van der Waals surface area contributed by atoms with E-state index in [0.717, 1.165) is 0 Å². The van der Waals surface area contributed by atoms with Gasteiger partial charge in [0.05, 0.1) is 22.3 Å². The standard InChI is InChI=1S/2C8H4NO3.8C4H9.2ClH.2O.4Sn/c2*10-7-5-3-1-2-4-6(5)8(11)9(7)12;8*1-3-4-2;;;;;;;;/h2*1-4H;8*1,3-4H2,2H3;2*1H;;;;;;/q2*-1;;;;;;;;;;;2*-2;4*+2/p-2. The maximum absolute atomic E-state index is 11.0. The van der Waals surface area contributed by atoms with E-state index in [1.54, 1.807) is 59.8 Å². The van der Waals surface area contributed by atoms with Gasteiger partial charge in [0.25, 0.3) is 23.6 Å². The quantitative estimate of drug-likeness (QED) is 0.0588. The number of amides is 4. The van der Waals surface area contributed by atoms with Crippen molar-refractivity contribution in [1.29, 1.82) is 0 Å². The van der Waals surface area contributed by atoms with Gasteiger partial charge in [-0.1, -0.05) is 24.3 Å². The molecule has 0 atom stereocenters. The second-order valence-electron chi connectivity index (χ2n) is 14.7. The van der Waals surface area contributed by atoms with Crippen molar-refractivity contribution in [3.05, 3.63) is 81.2 Å². The summed E-state index contributed by atoms with van der Waals surface area (Å²) in [5.41, 5.74) is 0.769. The van der Waals surface area contributed by atoms with Gasteiger partial charge in [-0.15, -0.1) is 0 Å². The minimum Gasteiger partial charge on any atom is -2.00 e. The number of nitrogens with zero attached hydrogens (tertiary/aromatic N) is 2. The summed E-state index contributed by atoms with van der Waals surface area (Å²) < 4.78 is 13.0. The predicted molar refractivity (Wildman–Crippen MR) is 263 cm³/mol. The third kappa shape index (κ3) is 38.2. The van der Waals surface area contributed by atoms with E-state index in [0.29, 0.717) is 0 Å². The summed E-state index contributed by atoms with van der Waals surface area (Å²) in [4.78, 5) is 44.0. The smallest absolute Gasteiger partial charge is 0.250 e. The van der Waals surface area contributed by atoms with Crippen LogP contribution in [0.1, 0.15) is 200 Å². The van der Waals surface area contributed by atoms with Crippen LogP contribution in [0.4, 0.5) is 0 Å². The first-order valence-corrected chi connectivity index (χ1v) is 39.4. The number of benzene rings is 2. The number of hydrogen-bond acceptors (Lipinski definition) is 6. The Bertz CT molecular complexity index is 1160. The summed E-state index contributed by atoms with van der Waals surface area (Å²) in [7, 11) is 0. The Kier molecular flexibility index (Phi) is 66.3. The van der Waals surface area contributed by atoms with Crippen molar-refractivity contribution in [3.8, 4) is 0 Å². The van der Waals surface area contributed by atoms with Crippen LogP contribution >= 0.6 is 0 Å². The molecule has 0 bridgehead atoms. The molecule has 0 aliphatic carbocycles. The topological polar surface area (TPSA) is 178 Å². The van der Waals surface area contributed by atoms with Crippen LogP contribution in [-0.2, 0) is 11.0 Å². The van der Waals surface area contributed by atoms with Gasteiger partial charge in [0.15, 0.2) is 0 Å². The van der Waals surface area contributed by atoms with Crippen LogP contribution < -0.4 is 24.8 Å². The summed E-state index contributed by atoms with van der Waals surface area (Å²) in [6, 6.07) is 12.3. The molecule has 16 heteroatoms. The summed E-state index contributed by atoms with van der Waals surface area (Å²) in [5, 5.41) is 21.3. The molecule has 360 valence electrons. The molecule has 0 unspecified atom stereocenters. The van der Waals surface area contributed by atoms with E-state index in [9.17, 15) is 29.6 Å². The van der Waals surface area contributed by atoms with Crippen LogP contribution in [0.15, 0.2) is 48.5 Å². The fourth-order valence-corrected chi connectivity index (χ4v) is 21.9. The average Bonchev–Trinajstić information content (AvgIpc) is 3.63. The van der Waals surface area contributed by atoms with E-state index in [1.165, 1.54) is 127 Å². The van der Waals surface area contributed by atoms with Crippen LogP contribution in [0.2, 0.25) is 35.5 Å². The molecule has 0 spiro atoms. The molecule has 2 aromatic carbocycles. The summed E-state index contributed by atoms with van der Waals surface area (Å²) >= 11 is 0.598. The zero-order valence-electron chi connectivity index (χ0n) is 40.5. The van der Waals surface area contributed by atoms with Gasteiger partial charge in [-0.3, -0.25) is 19.2 Å². The third-order valence-corrected chi connectivity index (χ3v) is 25.3. The Morgan fingerprint density at radius 2 is 0.484 bits per heavy atom. The van der Waals surface area contributed by atoms with Gasteiger partial charge in [-0.05, 0) is 24.3 Å². The van der Waals surface area contributed by atoms with Crippen LogP contribution in [0.3, 0.4) is 0 Å². The van der Waals surface area contributed by atoms with Gasteiger partial charge in [0, 0.05) is 0 Å². The van der Waals surface area contributed by atoms with Crippen molar-refractivity contribution in [2.75, 3.05) is 0 Å². The molecule has 0 radical (unpaired) electrons. The summed E-state index contributed by atoms with van der Waals surface area (Å²) in [6.45, 7) is 18.3. The Labute approximate surface area is 443 Å². The van der Waals surface area contributed by atoms with Gasteiger partial charge < -0.3 is 56.3 Å². The molecule has 2 heterocycles. The molecule has 2 aliphatic heterocycles. The molecule has 2 aromatic rings. The van der Waals surface area contributed by atoms with Crippen LogP contribution in [0, 0.1) is 10.4 Å². The molecule has 10 nitrogen and oxygen atoms in total. The molecule has 64 heavy (non-hydrogen) atoms. The Hall–Kier alpha value is 0.335. The van der Waals surface area contributed by atoms with E-state index in [4.69, 9.17) is 0 Å². The van der Waals surface area contributed by atoms with Crippen molar-refractivity contribution in [3.63, 3.8) is 0 Å². The number of carbonyl (C=O) groups is 4. The second kappa shape index (κ2) is 55.9. The maximum atomic E-state index is 11.0. The first-order chi connectivity index (χ1) is 29.1. The van der Waals surface area contributed by atoms with Gasteiger partial charge in [0.2, 0.25) is 0 Å². The molecule has 4 rings (SSSR count). The fourth-order valence-electron chi connectivity index (χ4n) is 5.25. The van der Waals surface area contributed by atoms with Crippen molar-refractivity contribution in [2.45, 2.75) is 194 Å². The number of hydroxylamine groups is 4. The number of halogens is 2. The first-order valence-electron chi connectivity index (χ1n) is 23.2. The average molecular weight is 1360 g/mol. The fraction of sp³-hybridized carbons (Fsp3) is 0.667. The van der Waals surface area contributed by atoms with E-state index < -0.39 is 23.6 Å². The van der Waals surface area contributed by atoms with E-state index in [-0.39, 0.29) is 153 Å². The van der Waals surface area contributed by atoms with E-state index >= 15 is 0 Å². The van der Waals surface area contributed by atoms with Crippen molar-refractivity contribution in [2.24, 2.45) is 0 Å². The Balaban J connectivity index is -0.000000157. The zero-order chi connectivity index (χ0) is 45.2. The van der Waals surface area contributed by atoms with Gasteiger partial charge >= 0.3 is 278 Å². The number of unbranched alkanes of at least 4 members (excludes halogenated alkanes) is 8. The zero-order valence-corrected chi connectivity index (χ0v) is 53.4. The van der Waals surface area contributed by atoms with Gasteiger partial charge in [-0.25, -0.2) is 0 Å². The van der Waals surface area contributed by atoms with Crippen molar-refractivity contribution < 1.29 is 54.9 Å². The first kappa shape index (κ1) is 75.8. The molecule has 4 amide bonds. The van der Waals surface area contributed by atoms with Crippen molar-refractivity contribution >= 4 is 108 Å². The minimum absolute atomic E-state index is 0. The number of imide groups is 2. The number of fused-ring (bicyclic) bond motifs is 2. The molecular weight excluding hydrogens is 1280 g/mol. The number of rotatable bonds is 24. The van der Waals surface area contributed by atoms with Gasteiger partial charge in [0.1, 0.15) is 0 Å². The predicted octanol–water partition coefficient (Wildman–Crippen LogP) is 7.84. The number of carbonyl (C=O) groups excluding carboxylic acids is 4. The molecule has 0 saturated heterocycles.